The van der Waals surface area contributed by atoms with Gasteiger partial charge in [0.05, 0.1) is 24.2 Å². The molecule has 150 valence electrons. The maximum atomic E-state index is 13.7. The summed E-state index contributed by atoms with van der Waals surface area (Å²) >= 11 is 0. The lowest BCUT2D eigenvalue weighted by Gasteiger charge is -2.06. The molecule has 0 fully saturated rings. The number of amides is 2. The number of para-hydroxylation sites is 1. The Morgan fingerprint density at radius 3 is 2.66 bits per heavy atom. The number of rotatable bonds is 6. The summed E-state index contributed by atoms with van der Waals surface area (Å²) in [7, 11) is 0. The van der Waals surface area contributed by atoms with E-state index in [-0.39, 0.29) is 24.4 Å². The van der Waals surface area contributed by atoms with Crippen molar-refractivity contribution in [2.45, 2.75) is 26.8 Å². The number of anilines is 1. The second kappa shape index (κ2) is 8.64. The summed E-state index contributed by atoms with van der Waals surface area (Å²) in [6, 6.07) is 10.0. The van der Waals surface area contributed by atoms with Gasteiger partial charge in [-0.15, -0.1) is 0 Å². The van der Waals surface area contributed by atoms with Crippen LogP contribution in [0, 0.1) is 18.6 Å². The Labute approximate surface area is 166 Å². The highest BCUT2D eigenvalue weighted by Gasteiger charge is 2.16. The molecule has 2 amide bonds. The van der Waals surface area contributed by atoms with Crippen LogP contribution in [0.5, 0.6) is 0 Å². The van der Waals surface area contributed by atoms with Gasteiger partial charge in [-0.2, -0.15) is 0 Å². The van der Waals surface area contributed by atoms with Gasteiger partial charge in [0, 0.05) is 12.5 Å². The van der Waals surface area contributed by atoms with Gasteiger partial charge in [-0.25, -0.2) is 13.8 Å². The van der Waals surface area contributed by atoms with E-state index in [2.05, 4.69) is 15.6 Å². The monoisotopic (exact) mass is 399 g/mol. The van der Waals surface area contributed by atoms with E-state index in [9.17, 15) is 18.4 Å². The Kier molecular flexibility index (Phi) is 6.01. The predicted molar refractivity (Wildman–Crippen MR) is 103 cm³/mol. The molecule has 2 N–H and O–H groups in total. The first-order chi connectivity index (χ1) is 13.8. The normalized spacial score (nSPS) is 10.6. The molecule has 1 aromatic heterocycles. The molecule has 2 aromatic carbocycles. The molecule has 0 saturated heterocycles. The molecular formula is C21H19F2N3O3. The third kappa shape index (κ3) is 5.04. The van der Waals surface area contributed by atoms with Crippen LogP contribution in [0.3, 0.4) is 0 Å². The molecular weight excluding hydrogens is 380 g/mol. The lowest BCUT2D eigenvalue weighted by Crippen LogP contribution is -2.25. The highest BCUT2D eigenvalue weighted by Crippen LogP contribution is 2.28. The molecule has 1 heterocycles. The number of carbonyl (C=O) groups excluding carboxylic acids is 2. The zero-order valence-electron chi connectivity index (χ0n) is 15.9. The number of nitrogens with one attached hydrogen (secondary N) is 2. The highest BCUT2D eigenvalue weighted by molar-refractivity contribution is 5.93. The van der Waals surface area contributed by atoms with E-state index in [1.165, 1.54) is 6.92 Å². The van der Waals surface area contributed by atoms with Gasteiger partial charge in [0.15, 0.2) is 0 Å². The van der Waals surface area contributed by atoms with Crippen LogP contribution in [0.2, 0.25) is 0 Å². The van der Waals surface area contributed by atoms with Crippen molar-refractivity contribution in [3.63, 3.8) is 0 Å². The summed E-state index contributed by atoms with van der Waals surface area (Å²) in [5.41, 5.74) is 1.62. The first-order valence-electron chi connectivity index (χ1n) is 8.87. The van der Waals surface area contributed by atoms with Crippen LogP contribution in [0.15, 0.2) is 46.9 Å². The molecule has 0 aliphatic heterocycles. The minimum absolute atomic E-state index is 0.0238. The van der Waals surface area contributed by atoms with E-state index < -0.39 is 17.5 Å². The molecule has 29 heavy (non-hydrogen) atoms. The van der Waals surface area contributed by atoms with Gasteiger partial charge >= 0.3 is 0 Å². The van der Waals surface area contributed by atoms with E-state index >= 15 is 0 Å². The summed E-state index contributed by atoms with van der Waals surface area (Å²) in [6.07, 6.45) is -0.293. The van der Waals surface area contributed by atoms with Crippen molar-refractivity contribution in [3.05, 3.63) is 71.1 Å². The van der Waals surface area contributed by atoms with Crippen molar-refractivity contribution < 1.29 is 22.8 Å². The molecule has 0 atom stereocenters. The summed E-state index contributed by atoms with van der Waals surface area (Å²) in [5, 5.41) is 5.34. The molecule has 0 saturated carbocycles. The molecule has 6 nitrogen and oxygen atoms in total. The first kappa shape index (κ1) is 20.2. The Balaban J connectivity index is 1.71. The topological polar surface area (TPSA) is 84.2 Å². The number of oxazole rings is 1. The second-order valence-corrected chi connectivity index (χ2v) is 6.44. The van der Waals surface area contributed by atoms with E-state index in [1.807, 2.05) is 0 Å². The van der Waals surface area contributed by atoms with Crippen LogP contribution in [0.25, 0.3) is 11.5 Å². The Hall–Kier alpha value is -3.55. The number of carbonyl (C=O) groups is 2. The van der Waals surface area contributed by atoms with Crippen molar-refractivity contribution in [2.75, 3.05) is 5.32 Å². The number of nitrogens with zero attached hydrogens (tertiary/aromatic N) is 1. The van der Waals surface area contributed by atoms with Crippen LogP contribution in [-0.4, -0.2) is 16.8 Å². The van der Waals surface area contributed by atoms with Gasteiger partial charge in [0.2, 0.25) is 17.7 Å². The number of halogens is 2. The average molecular weight is 399 g/mol. The molecule has 0 bridgehead atoms. The molecule has 0 aliphatic carbocycles. The van der Waals surface area contributed by atoms with Gasteiger partial charge < -0.3 is 15.1 Å². The summed E-state index contributed by atoms with van der Waals surface area (Å²) in [6.45, 7) is 3.17. The Morgan fingerprint density at radius 2 is 1.90 bits per heavy atom. The van der Waals surface area contributed by atoms with Crippen molar-refractivity contribution in [2.24, 2.45) is 0 Å². The lowest BCUT2D eigenvalue weighted by molar-refractivity contribution is -0.120. The molecule has 8 heteroatoms. The van der Waals surface area contributed by atoms with Gasteiger partial charge in [-0.3, -0.25) is 9.59 Å². The number of hydrogen-bond donors (Lipinski definition) is 2. The quantitative estimate of drug-likeness (QED) is 0.661. The van der Waals surface area contributed by atoms with Gasteiger partial charge in [-0.05, 0) is 37.3 Å². The van der Waals surface area contributed by atoms with Gasteiger partial charge in [-0.1, -0.05) is 12.1 Å². The molecule has 0 spiro atoms. The molecule has 3 rings (SSSR count). The lowest BCUT2D eigenvalue weighted by atomic mass is 10.1. The van der Waals surface area contributed by atoms with Crippen LogP contribution < -0.4 is 10.6 Å². The fourth-order valence-electron chi connectivity index (χ4n) is 2.77. The van der Waals surface area contributed by atoms with Gasteiger partial charge in [0.25, 0.3) is 0 Å². The first-order valence-corrected chi connectivity index (χ1v) is 8.87. The van der Waals surface area contributed by atoms with E-state index in [0.717, 1.165) is 18.2 Å². The maximum absolute atomic E-state index is 13.7. The van der Waals surface area contributed by atoms with Crippen molar-refractivity contribution in [1.29, 1.82) is 0 Å². The third-order valence-corrected chi connectivity index (χ3v) is 4.17. The molecule has 0 unspecified atom stereocenters. The fourth-order valence-corrected chi connectivity index (χ4v) is 2.77. The number of benzene rings is 2. The predicted octanol–water partition coefficient (Wildman–Crippen LogP) is 3.75. The van der Waals surface area contributed by atoms with Crippen LogP contribution >= 0.6 is 0 Å². The van der Waals surface area contributed by atoms with Crippen molar-refractivity contribution in [1.82, 2.24) is 10.3 Å². The molecule has 0 radical (unpaired) electrons. The summed E-state index contributed by atoms with van der Waals surface area (Å²) in [5.74, 6) is -1.16. The maximum Gasteiger partial charge on any atom is 0.228 e. The van der Waals surface area contributed by atoms with Gasteiger partial charge in [0.1, 0.15) is 23.1 Å². The minimum Gasteiger partial charge on any atom is -0.441 e. The standard InChI is InChI=1S/C21H19F2N3O3/c1-12-19(11-24-20(28)10-14-9-15(22)7-8-17(14)23)26-21(29-12)16-5-3-4-6-18(16)25-13(2)27/h3-9H,10-11H2,1-2H3,(H,24,28)(H,25,27). The van der Waals surface area contributed by atoms with Crippen LogP contribution in [0.4, 0.5) is 14.5 Å². The zero-order chi connectivity index (χ0) is 21.0. The van der Waals surface area contributed by atoms with E-state index in [1.54, 1.807) is 31.2 Å². The van der Waals surface area contributed by atoms with E-state index in [0.29, 0.717) is 28.6 Å². The van der Waals surface area contributed by atoms with Crippen LogP contribution in [0.1, 0.15) is 23.9 Å². The third-order valence-electron chi connectivity index (χ3n) is 4.17. The largest absolute Gasteiger partial charge is 0.441 e. The van der Waals surface area contributed by atoms with Crippen molar-refractivity contribution in [3.8, 4) is 11.5 Å². The second-order valence-electron chi connectivity index (χ2n) is 6.44. The smallest absolute Gasteiger partial charge is 0.228 e. The Morgan fingerprint density at radius 1 is 1.14 bits per heavy atom. The number of aromatic nitrogens is 1. The SMILES string of the molecule is CC(=O)Nc1ccccc1-c1nc(CNC(=O)Cc2cc(F)ccc2F)c(C)o1. The van der Waals surface area contributed by atoms with Crippen LogP contribution in [-0.2, 0) is 22.6 Å². The summed E-state index contributed by atoms with van der Waals surface area (Å²) in [4.78, 5) is 27.9. The minimum atomic E-state index is -0.643. The number of aryl methyl sites for hydroxylation is 1. The number of hydrogen-bond acceptors (Lipinski definition) is 4. The molecule has 0 aliphatic rings. The Bertz CT molecular complexity index is 1060. The highest BCUT2D eigenvalue weighted by atomic mass is 19.1. The summed E-state index contributed by atoms with van der Waals surface area (Å²) < 4.78 is 32.6. The van der Waals surface area contributed by atoms with Crippen molar-refractivity contribution >= 4 is 17.5 Å². The van der Waals surface area contributed by atoms with E-state index in [4.69, 9.17) is 4.42 Å². The zero-order valence-corrected chi connectivity index (χ0v) is 15.9. The molecule has 3 aromatic rings. The fraction of sp³-hybridized carbons (Fsp3) is 0.190. The average Bonchev–Trinajstić information content (AvgIpc) is 3.03.